The van der Waals surface area contributed by atoms with Crippen LogP contribution in [-0.2, 0) is 32.3 Å². The van der Waals surface area contributed by atoms with Crippen molar-refractivity contribution in [2.24, 2.45) is 5.92 Å². The van der Waals surface area contributed by atoms with Crippen LogP contribution in [0.25, 0.3) is 0 Å². The van der Waals surface area contributed by atoms with Gasteiger partial charge in [-0.3, -0.25) is 4.79 Å². The first kappa shape index (κ1) is 19.4. The van der Waals surface area contributed by atoms with Gasteiger partial charge in [0.1, 0.15) is 6.04 Å². The highest BCUT2D eigenvalue weighted by Crippen LogP contribution is 2.25. The number of hydrogen-bond donors (Lipinski definition) is 2. The Bertz CT molecular complexity index is 755. The molecule has 6 nitrogen and oxygen atoms in total. The van der Waals surface area contributed by atoms with Crippen LogP contribution >= 0.6 is 0 Å². The number of nitrogens with one attached hydrogen (secondary N) is 1. The number of amides is 1. The SMILES string of the molecule is CC(C)C[C@@H](NC(=O)CCS(=O)(=O)c1ccc2c(c1)CCC2)C(=O)O. The van der Waals surface area contributed by atoms with Gasteiger partial charge in [0.15, 0.2) is 9.84 Å². The second-order valence-electron chi connectivity index (χ2n) is 6.94. The third-order valence-electron chi connectivity index (χ3n) is 4.37. The standard InChI is InChI=1S/C18H25NO5S/c1-12(2)10-16(18(21)22)19-17(20)8-9-25(23,24)15-7-6-13-4-3-5-14(13)11-15/h6-7,11-12,16H,3-5,8-10H2,1-2H3,(H,19,20)(H,21,22)/t16-/m1/s1. The van der Waals surface area contributed by atoms with E-state index in [0.717, 1.165) is 24.8 Å². The van der Waals surface area contributed by atoms with Gasteiger partial charge in [-0.1, -0.05) is 19.9 Å². The molecule has 0 aliphatic heterocycles. The molecule has 7 heteroatoms. The van der Waals surface area contributed by atoms with E-state index in [1.807, 2.05) is 19.9 Å². The molecule has 0 spiro atoms. The molecule has 0 bridgehead atoms. The number of aliphatic carboxylic acids is 1. The Morgan fingerprint density at radius 1 is 1.20 bits per heavy atom. The zero-order valence-corrected chi connectivity index (χ0v) is 15.4. The molecule has 0 fully saturated rings. The van der Waals surface area contributed by atoms with Gasteiger partial charge in [0, 0.05) is 6.42 Å². The lowest BCUT2D eigenvalue weighted by Crippen LogP contribution is -2.42. The molecular formula is C18H25NO5S. The fraction of sp³-hybridized carbons (Fsp3) is 0.556. The van der Waals surface area contributed by atoms with E-state index in [-0.39, 0.29) is 23.0 Å². The van der Waals surface area contributed by atoms with Crippen LogP contribution in [0.2, 0.25) is 0 Å². The van der Waals surface area contributed by atoms with E-state index < -0.39 is 27.8 Å². The summed E-state index contributed by atoms with van der Waals surface area (Å²) < 4.78 is 24.9. The second-order valence-corrected chi connectivity index (χ2v) is 9.05. The molecule has 25 heavy (non-hydrogen) atoms. The van der Waals surface area contributed by atoms with Crippen molar-refractivity contribution >= 4 is 21.7 Å². The summed E-state index contributed by atoms with van der Waals surface area (Å²) in [4.78, 5) is 23.4. The van der Waals surface area contributed by atoms with E-state index in [1.165, 1.54) is 5.56 Å². The Balaban J connectivity index is 1.97. The van der Waals surface area contributed by atoms with E-state index in [0.29, 0.717) is 6.42 Å². The summed E-state index contributed by atoms with van der Waals surface area (Å²) in [5, 5.41) is 11.5. The van der Waals surface area contributed by atoms with E-state index in [9.17, 15) is 18.0 Å². The third-order valence-corrected chi connectivity index (χ3v) is 6.08. The molecule has 138 valence electrons. The summed E-state index contributed by atoms with van der Waals surface area (Å²) in [5.41, 5.74) is 2.25. The number of carbonyl (C=O) groups excluding carboxylic acids is 1. The van der Waals surface area contributed by atoms with Crippen molar-refractivity contribution in [3.63, 3.8) is 0 Å². The smallest absolute Gasteiger partial charge is 0.326 e. The van der Waals surface area contributed by atoms with Crippen molar-refractivity contribution in [2.75, 3.05) is 5.75 Å². The van der Waals surface area contributed by atoms with Gasteiger partial charge in [-0.15, -0.1) is 0 Å². The number of carbonyl (C=O) groups is 2. The van der Waals surface area contributed by atoms with Gasteiger partial charge in [0.05, 0.1) is 10.6 Å². The number of rotatable bonds is 8. The van der Waals surface area contributed by atoms with E-state index in [4.69, 9.17) is 5.11 Å². The highest BCUT2D eigenvalue weighted by molar-refractivity contribution is 7.91. The lowest BCUT2D eigenvalue weighted by Gasteiger charge is -2.16. The normalized spacial score (nSPS) is 15.0. The molecule has 1 atom stereocenters. The topological polar surface area (TPSA) is 101 Å². The molecule has 1 aromatic rings. The molecule has 0 heterocycles. The van der Waals surface area contributed by atoms with Crippen molar-refractivity contribution < 1.29 is 23.1 Å². The molecule has 1 aromatic carbocycles. The molecule has 1 aliphatic rings. The van der Waals surface area contributed by atoms with Crippen LogP contribution < -0.4 is 5.32 Å². The number of sulfone groups is 1. The van der Waals surface area contributed by atoms with Crippen molar-refractivity contribution in [2.45, 2.75) is 56.9 Å². The van der Waals surface area contributed by atoms with Gasteiger partial charge in [-0.2, -0.15) is 0 Å². The van der Waals surface area contributed by atoms with Gasteiger partial charge in [-0.05, 0) is 54.9 Å². The molecule has 0 aromatic heterocycles. The molecule has 0 saturated heterocycles. The summed E-state index contributed by atoms with van der Waals surface area (Å²) in [7, 11) is -3.56. The monoisotopic (exact) mass is 367 g/mol. The predicted molar refractivity (Wildman–Crippen MR) is 94.2 cm³/mol. The fourth-order valence-electron chi connectivity index (χ4n) is 3.05. The summed E-state index contributed by atoms with van der Waals surface area (Å²) >= 11 is 0. The quantitative estimate of drug-likeness (QED) is 0.731. The van der Waals surface area contributed by atoms with Crippen molar-refractivity contribution in [1.82, 2.24) is 5.32 Å². The van der Waals surface area contributed by atoms with Gasteiger partial charge in [0.25, 0.3) is 0 Å². The third kappa shape index (κ3) is 5.29. The van der Waals surface area contributed by atoms with Crippen LogP contribution in [0.15, 0.2) is 23.1 Å². The highest BCUT2D eigenvalue weighted by Gasteiger charge is 2.23. The fourth-order valence-corrected chi connectivity index (χ4v) is 4.33. The Kier molecular flexibility index (Phi) is 6.21. The first-order valence-corrected chi connectivity index (χ1v) is 10.2. The molecule has 2 N–H and O–H groups in total. The molecule has 0 unspecified atom stereocenters. The van der Waals surface area contributed by atoms with Gasteiger partial charge in [-0.25, -0.2) is 13.2 Å². The van der Waals surface area contributed by atoms with Crippen molar-refractivity contribution in [3.8, 4) is 0 Å². The average Bonchev–Trinajstić information content (AvgIpc) is 2.99. The Hall–Kier alpha value is -1.89. The average molecular weight is 367 g/mol. The zero-order chi connectivity index (χ0) is 18.6. The maximum absolute atomic E-state index is 12.4. The Labute approximate surface area is 148 Å². The minimum Gasteiger partial charge on any atom is -0.480 e. The maximum atomic E-state index is 12.4. The lowest BCUT2D eigenvalue weighted by atomic mass is 10.0. The van der Waals surface area contributed by atoms with Crippen LogP contribution in [0.5, 0.6) is 0 Å². The van der Waals surface area contributed by atoms with Crippen LogP contribution in [0.1, 0.15) is 44.2 Å². The molecule has 0 radical (unpaired) electrons. The van der Waals surface area contributed by atoms with Crippen LogP contribution in [0, 0.1) is 5.92 Å². The van der Waals surface area contributed by atoms with Crippen molar-refractivity contribution in [3.05, 3.63) is 29.3 Å². The molecule has 2 rings (SSSR count). The zero-order valence-electron chi connectivity index (χ0n) is 14.6. The van der Waals surface area contributed by atoms with Crippen LogP contribution in [0.4, 0.5) is 0 Å². The number of benzene rings is 1. The predicted octanol–water partition coefficient (Wildman–Crippen LogP) is 1.95. The van der Waals surface area contributed by atoms with Gasteiger partial charge in [0.2, 0.25) is 5.91 Å². The summed E-state index contributed by atoms with van der Waals surface area (Å²) in [6.07, 6.45) is 2.95. The van der Waals surface area contributed by atoms with Gasteiger partial charge >= 0.3 is 5.97 Å². The number of hydrogen-bond acceptors (Lipinski definition) is 4. The first-order chi connectivity index (χ1) is 11.7. The van der Waals surface area contributed by atoms with Crippen molar-refractivity contribution in [1.29, 1.82) is 0 Å². The molecule has 1 amide bonds. The highest BCUT2D eigenvalue weighted by atomic mass is 32.2. The first-order valence-electron chi connectivity index (χ1n) is 8.56. The number of carboxylic acid groups (broad SMARTS) is 1. The molecular weight excluding hydrogens is 342 g/mol. The Morgan fingerprint density at radius 2 is 1.88 bits per heavy atom. The second kappa shape index (κ2) is 7.99. The summed E-state index contributed by atoms with van der Waals surface area (Å²) in [6, 6.07) is 4.15. The van der Waals surface area contributed by atoms with E-state index in [1.54, 1.807) is 12.1 Å². The van der Waals surface area contributed by atoms with E-state index >= 15 is 0 Å². The van der Waals surface area contributed by atoms with Gasteiger partial charge < -0.3 is 10.4 Å². The number of carboxylic acids is 1. The minimum atomic E-state index is -3.56. The minimum absolute atomic E-state index is 0.108. The maximum Gasteiger partial charge on any atom is 0.326 e. The summed E-state index contributed by atoms with van der Waals surface area (Å²) in [6.45, 7) is 3.72. The van der Waals surface area contributed by atoms with E-state index in [2.05, 4.69) is 5.32 Å². The Morgan fingerprint density at radius 3 is 2.52 bits per heavy atom. The van der Waals surface area contributed by atoms with Crippen LogP contribution in [0.3, 0.4) is 0 Å². The molecule has 1 aliphatic carbocycles. The number of fused-ring (bicyclic) bond motifs is 1. The number of aryl methyl sites for hydroxylation is 2. The molecule has 0 saturated carbocycles. The largest absolute Gasteiger partial charge is 0.480 e. The summed E-state index contributed by atoms with van der Waals surface area (Å²) in [5.74, 6) is -1.89. The lowest BCUT2D eigenvalue weighted by molar-refractivity contribution is -0.142. The van der Waals surface area contributed by atoms with Crippen LogP contribution in [-0.4, -0.2) is 37.2 Å².